The Morgan fingerprint density at radius 1 is 1.26 bits per heavy atom. The van der Waals surface area contributed by atoms with Gasteiger partial charge in [-0.3, -0.25) is 4.79 Å². The Morgan fingerprint density at radius 3 is 2.52 bits per heavy atom. The summed E-state index contributed by atoms with van der Waals surface area (Å²) in [5, 5.41) is 11.6. The Labute approximate surface area is 134 Å². The van der Waals surface area contributed by atoms with Crippen molar-refractivity contribution in [3.8, 4) is 5.75 Å². The second kappa shape index (κ2) is 8.77. The largest absolute Gasteiger partial charge is 0.482 e. The maximum absolute atomic E-state index is 12.2. The first kappa shape index (κ1) is 18.5. The molecular formula is C16H21NO6. The monoisotopic (exact) mass is 323 g/mol. The number of amides is 1. The first-order chi connectivity index (χ1) is 10.8. The Bertz CT molecular complexity index is 569. The lowest BCUT2D eigenvalue weighted by Crippen LogP contribution is -2.41. The van der Waals surface area contributed by atoms with Crippen LogP contribution in [0.5, 0.6) is 5.75 Å². The van der Waals surface area contributed by atoms with E-state index in [2.05, 4.69) is 10.1 Å². The Balaban J connectivity index is 2.75. The highest BCUT2D eigenvalue weighted by Gasteiger charge is 2.21. The highest BCUT2D eigenvalue weighted by atomic mass is 16.6. The van der Waals surface area contributed by atoms with Crippen LogP contribution in [0.3, 0.4) is 0 Å². The maximum Gasteiger partial charge on any atom is 0.343 e. The molecule has 0 aliphatic rings. The summed E-state index contributed by atoms with van der Waals surface area (Å²) in [4.78, 5) is 34.4. The van der Waals surface area contributed by atoms with Gasteiger partial charge in [0, 0.05) is 5.56 Å². The fourth-order valence-corrected chi connectivity index (χ4v) is 1.86. The molecular weight excluding hydrogens is 302 g/mol. The number of rotatable bonds is 8. The second-order valence-corrected chi connectivity index (χ2v) is 5.39. The van der Waals surface area contributed by atoms with Crippen molar-refractivity contribution < 1.29 is 29.0 Å². The van der Waals surface area contributed by atoms with E-state index in [-0.39, 0.29) is 18.1 Å². The predicted molar refractivity (Wildman–Crippen MR) is 82.3 cm³/mol. The SMILES string of the molecule is COC(=O)COc1cccc(C(=O)NC(CC(C)C)C(=O)O)c1. The normalized spacial score (nSPS) is 11.7. The molecule has 0 saturated heterocycles. The number of carbonyl (C=O) groups is 3. The van der Waals surface area contributed by atoms with Crippen molar-refractivity contribution in [2.45, 2.75) is 26.3 Å². The number of esters is 1. The summed E-state index contributed by atoms with van der Waals surface area (Å²) in [6.45, 7) is 3.49. The molecule has 0 heterocycles. The molecule has 0 spiro atoms. The van der Waals surface area contributed by atoms with Gasteiger partial charge in [0.15, 0.2) is 6.61 Å². The molecule has 0 aromatic heterocycles. The fraction of sp³-hybridized carbons (Fsp3) is 0.438. The highest BCUT2D eigenvalue weighted by molar-refractivity contribution is 5.96. The third-order valence-corrected chi connectivity index (χ3v) is 2.99. The van der Waals surface area contributed by atoms with Gasteiger partial charge in [-0.2, -0.15) is 0 Å². The minimum Gasteiger partial charge on any atom is -0.482 e. The number of aliphatic carboxylic acids is 1. The second-order valence-electron chi connectivity index (χ2n) is 5.39. The molecule has 0 bridgehead atoms. The average molecular weight is 323 g/mol. The lowest BCUT2D eigenvalue weighted by Gasteiger charge is -2.16. The molecule has 7 nitrogen and oxygen atoms in total. The number of ether oxygens (including phenoxy) is 2. The van der Waals surface area contributed by atoms with E-state index in [1.165, 1.54) is 19.2 Å². The van der Waals surface area contributed by atoms with E-state index < -0.39 is 23.9 Å². The molecule has 126 valence electrons. The summed E-state index contributed by atoms with van der Waals surface area (Å²) < 4.78 is 9.65. The third kappa shape index (κ3) is 6.37. The van der Waals surface area contributed by atoms with Gasteiger partial charge in [0.25, 0.3) is 5.91 Å². The van der Waals surface area contributed by atoms with E-state index in [4.69, 9.17) is 9.84 Å². The molecule has 0 radical (unpaired) electrons. The zero-order valence-electron chi connectivity index (χ0n) is 13.4. The van der Waals surface area contributed by atoms with Gasteiger partial charge in [0.2, 0.25) is 0 Å². The van der Waals surface area contributed by atoms with Crippen molar-refractivity contribution in [3.63, 3.8) is 0 Å². The number of carboxylic acids is 1. The average Bonchev–Trinajstić information content (AvgIpc) is 2.51. The van der Waals surface area contributed by atoms with Gasteiger partial charge in [-0.25, -0.2) is 9.59 Å². The molecule has 0 fully saturated rings. The smallest absolute Gasteiger partial charge is 0.343 e. The summed E-state index contributed by atoms with van der Waals surface area (Å²) in [7, 11) is 1.25. The van der Waals surface area contributed by atoms with Crippen molar-refractivity contribution >= 4 is 17.8 Å². The Kier molecular flexibility index (Phi) is 7.05. The standard InChI is InChI=1S/C16H21NO6/c1-10(2)7-13(16(20)21)17-15(19)11-5-4-6-12(8-11)23-9-14(18)22-3/h4-6,8,10,13H,7,9H2,1-3H3,(H,17,19)(H,20,21). The molecule has 0 aliphatic heterocycles. The van der Waals surface area contributed by atoms with Crippen LogP contribution in [-0.2, 0) is 14.3 Å². The van der Waals surface area contributed by atoms with Crippen molar-refractivity contribution in [3.05, 3.63) is 29.8 Å². The van der Waals surface area contributed by atoms with E-state index in [0.717, 1.165) is 0 Å². The van der Waals surface area contributed by atoms with E-state index in [9.17, 15) is 14.4 Å². The molecule has 1 rings (SSSR count). The van der Waals surface area contributed by atoms with E-state index in [0.29, 0.717) is 12.2 Å². The minimum atomic E-state index is -1.08. The Morgan fingerprint density at radius 2 is 1.96 bits per heavy atom. The zero-order valence-corrected chi connectivity index (χ0v) is 13.4. The third-order valence-electron chi connectivity index (χ3n) is 2.99. The van der Waals surface area contributed by atoms with Crippen molar-refractivity contribution in [1.29, 1.82) is 0 Å². The van der Waals surface area contributed by atoms with Crippen molar-refractivity contribution in [2.24, 2.45) is 5.92 Å². The number of carbonyl (C=O) groups excluding carboxylic acids is 2. The van der Waals surface area contributed by atoms with Crippen LogP contribution < -0.4 is 10.1 Å². The topological polar surface area (TPSA) is 102 Å². The number of nitrogens with one attached hydrogen (secondary N) is 1. The lowest BCUT2D eigenvalue weighted by molar-refractivity contribution is -0.143. The van der Waals surface area contributed by atoms with E-state index in [1.807, 2.05) is 13.8 Å². The van der Waals surface area contributed by atoms with Gasteiger partial charge in [-0.05, 0) is 30.5 Å². The molecule has 7 heteroatoms. The van der Waals surface area contributed by atoms with Crippen LogP contribution in [0.25, 0.3) is 0 Å². The molecule has 1 unspecified atom stereocenters. The molecule has 23 heavy (non-hydrogen) atoms. The van der Waals surface area contributed by atoms with Crippen LogP contribution in [0.2, 0.25) is 0 Å². The Hall–Kier alpha value is -2.57. The predicted octanol–water partition coefficient (Wildman–Crippen LogP) is 1.47. The van der Waals surface area contributed by atoms with Crippen LogP contribution in [0.1, 0.15) is 30.6 Å². The van der Waals surface area contributed by atoms with E-state index in [1.54, 1.807) is 12.1 Å². The summed E-state index contributed by atoms with van der Waals surface area (Å²) in [6, 6.07) is 5.19. The van der Waals surface area contributed by atoms with E-state index >= 15 is 0 Å². The number of hydrogen-bond acceptors (Lipinski definition) is 5. The summed E-state index contributed by atoms with van der Waals surface area (Å²) in [5.74, 6) is -1.68. The van der Waals surface area contributed by atoms with Gasteiger partial charge in [0.05, 0.1) is 7.11 Å². The molecule has 1 aromatic carbocycles. The summed E-state index contributed by atoms with van der Waals surface area (Å²) in [5.41, 5.74) is 0.252. The molecule has 1 amide bonds. The van der Waals surface area contributed by atoms with Crippen LogP contribution in [0, 0.1) is 5.92 Å². The minimum absolute atomic E-state index is 0.131. The quantitative estimate of drug-likeness (QED) is 0.702. The zero-order chi connectivity index (χ0) is 17.4. The van der Waals surface area contributed by atoms with Crippen molar-refractivity contribution in [2.75, 3.05) is 13.7 Å². The summed E-state index contributed by atoms with van der Waals surface area (Å²) in [6.07, 6.45) is 0.333. The number of carboxylic acid groups (broad SMARTS) is 1. The highest BCUT2D eigenvalue weighted by Crippen LogP contribution is 2.14. The first-order valence-corrected chi connectivity index (χ1v) is 7.16. The van der Waals surface area contributed by atoms with Gasteiger partial charge in [-0.1, -0.05) is 19.9 Å². The number of methoxy groups -OCH3 is 1. The van der Waals surface area contributed by atoms with Gasteiger partial charge >= 0.3 is 11.9 Å². The molecule has 1 atom stereocenters. The van der Waals surface area contributed by atoms with Gasteiger partial charge < -0.3 is 19.9 Å². The molecule has 0 saturated carbocycles. The molecule has 1 aromatic rings. The number of benzene rings is 1. The summed E-state index contributed by atoms with van der Waals surface area (Å²) >= 11 is 0. The van der Waals surface area contributed by atoms with Crippen molar-refractivity contribution in [1.82, 2.24) is 5.32 Å². The lowest BCUT2D eigenvalue weighted by atomic mass is 10.0. The van der Waals surface area contributed by atoms with Gasteiger partial charge in [-0.15, -0.1) is 0 Å². The first-order valence-electron chi connectivity index (χ1n) is 7.16. The maximum atomic E-state index is 12.2. The van der Waals surface area contributed by atoms with Crippen LogP contribution in [0.15, 0.2) is 24.3 Å². The molecule has 2 N–H and O–H groups in total. The van der Waals surface area contributed by atoms with Crippen LogP contribution in [0.4, 0.5) is 0 Å². The number of hydrogen-bond donors (Lipinski definition) is 2. The molecule has 0 aliphatic carbocycles. The van der Waals surface area contributed by atoms with Crippen LogP contribution in [-0.4, -0.2) is 42.7 Å². The fourth-order valence-electron chi connectivity index (χ4n) is 1.86. The van der Waals surface area contributed by atoms with Crippen LogP contribution >= 0.6 is 0 Å². The van der Waals surface area contributed by atoms with Gasteiger partial charge in [0.1, 0.15) is 11.8 Å².